The number of nitrogen functional groups attached to an aromatic ring is 1. The molecule has 0 radical (unpaired) electrons. The summed E-state index contributed by atoms with van der Waals surface area (Å²) in [5, 5.41) is 0.867. The maximum Gasteiger partial charge on any atom is 0.175 e. The van der Waals surface area contributed by atoms with E-state index in [4.69, 9.17) is 31.5 Å². The van der Waals surface area contributed by atoms with Crippen molar-refractivity contribution in [2.45, 2.75) is 34.9 Å². The van der Waals surface area contributed by atoms with E-state index in [1.165, 1.54) is 18.0 Å². The molecule has 1 saturated carbocycles. The van der Waals surface area contributed by atoms with Gasteiger partial charge in [0.25, 0.3) is 0 Å². The van der Waals surface area contributed by atoms with Gasteiger partial charge in [0.05, 0.1) is 23.2 Å². The van der Waals surface area contributed by atoms with Gasteiger partial charge in [0.1, 0.15) is 23.6 Å². The second kappa shape index (κ2) is 6.91. The Kier molecular flexibility index (Phi) is 4.50. The zero-order valence-corrected chi connectivity index (χ0v) is 16.9. The average Bonchev–Trinajstić information content (AvgIpc) is 3.19. The molecule has 0 amide bonds. The van der Waals surface area contributed by atoms with Gasteiger partial charge in [-0.05, 0) is 18.9 Å². The van der Waals surface area contributed by atoms with Gasteiger partial charge >= 0.3 is 0 Å². The number of fused-ring (bicyclic) bond motifs is 3. The first kappa shape index (κ1) is 18.2. The van der Waals surface area contributed by atoms with Crippen LogP contribution in [0.25, 0.3) is 0 Å². The van der Waals surface area contributed by atoms with E-state index in [0.29, 0.717) is 30.3 Å². The number of aromatic nitrogens is 3. The molecule has 1 spiro atoms. The maximum atomic E-state index is 6.14. The first-order valence-electron chi connectivity index (χ1n) is 9.04. The number of hydrogen-bond acceptors (Lipinski definition) is 9. The summed E-state index contributed by atoms with van der Waals surface area (Å²) in [4.78, 5) is 16.2. The number of ether oxygens (including phenoxy) is 3. The minimum absolute atomic E-state index is 0.186. The lowest BCUT2D eigenvalue weighted by Gasteiger charge is -2.33. The molecule has 2 fully saturated rings. The molecule has 0 aromatic carbocycles. The molecule has 5 rings (SSSR count). The molecule has 0 bridgehead atoms. The molecule has 3 aliphatic rings. The van der Waals surface area contributed by atoms with Gasteiger partial charge in [-0.2, -0.15) is 0 Å². The summed E-state index contributed by atoms with van der Waals surface area (Å²) >= 11 is 7.26. The number of nitrogens with two attached hydrogens (primary N) is 1. The van der Waals surface area contributed by atoms with Crippen molar-refractivity contribution in [3.05, 3.63) is 23.6 Å². The van der Waals surface area contributed by atoms with Gasteiger partial charge in [0, 0.05) is 25.3 Å². The highest BCUT2D eigenvalue weighted by molar-refractivity contribution is 7.99. The number of pyridine rings is 1. The smallest absolute Gasteiger partial charge is 0.175 e. The lowest BCUT2D eigenvalue weighted by molar-refractivity contribution is -0.0498. The van der Waals surface area contributed by atoms with E-state index in [9.17, 15) is 0 Å². The number of anilines is 2. The zero-order chi connectivity index (χ0) is 19.3. The number of methoxy groups -OCH3 is 1. The standard InChI is InChI=1S/C18H20ClN5O3S/c1-25-9-27-12-5-18(12)4-10-7-26-14-11(2-3-21-16(14)24(10)8-18)28-17-15(20)23-13(19)6-22-17/h2-3,6,10,12H,4-5,7-9H2,1H3,(H2,20,23)/t10-,12?,18?/m0/s1. The molecule has 148 valence electrons. The topological polar surface area (TPSA) is 95.6 Å². The highest BCUT2D eigenvalue weighted by atomic mass is 35.5. The molecule has 2 N–H and O–H groups in total. The van der Waals surface area contributed by atoms with Crippen molar-refractivity contribution in [2.24, 2.45) is 5.41 Å². The Morgan fingerprint density at radius 1 is 1.43 bits per heavy atom. The molecule has 1 saturated heterocycles. The number of nitrogens with zero attached hydrogens (tertiary/aromatic N) is 4. The molecule has 3 atom stereocenters. The summed E-state index contributed by atoms with van der Waals surface area (Å²) < 4.78 is 17.0. The van der Waals surface area contributed by atoms with Crippen LogP contribution < -0.4 is 15.4 Å². The molecular formula is C18H20ClN5O3S. The van der Waals surface area contributed by atoms with Gasteiger partial charge in [-0.15, -0.1) is 0 Å². The Hall–Kier alpha value is -1.81. The Balaban J connectivity index is 1.39. The van der Waals surface area contributed by atoms with Crippen LogP contribution in [-0.2, 0) is 9.47 Å². The molecule has 28 heavy (non-hydrogen) atoms. The van der Waals surface area contributed by atoms with E-state index >= 15 is 0 Å². The average molecular weight is 422 g/mol. The highest BCUT2D eigenvalue weighted by Gasteiger charge is 2.62. The van der Waals surface area contributed by atoms with Crippen LogP contribution in [0.1, 0.15) is 12.8 Å². The summed E-state index contributed by atoms with van der Waals surface area (Å²) in [5.74, 6) is 1.94. The Morgan fingerprint density at radius 3 is 3.14 bits per heavy atom. The van der Waals surface area contributed by atoms with Gasteiger partial charge in [0.2, 0.25) is 0 Å². The van der Waals surface area contributed by atoms with Crippen LogP contribution in [0.2, 0.25) is 5.15 Å². The minimum Gasteiger partial charge on any atom is -0.486 e. The predicted octanol–water partition coefficient (Wildman–Crippen LogP) is 2.61. The fourth-order valence-corrected chi connectivity index (χ4v) is 5.13. The van der Waals surface area contributed by atoms with Crippen molar-refractivity contribution in [3.8, 4) is 5.75 Å². The van der Waals surface area contributed by atoms with Crippen LogP contribution in [0.5, 0.6) is 5.75 Å². The molecule has 2 aromatic heterocycles. The second-order valence-corrected chi connectivity index (χ2v) is 8.79. The Morgan fingerprint density at radius 2 is 2.32 bits per heavy atom. The molecule has 10 heteroatoms. The van der Waals surface area contributed by atoms with Gasteiger partial charge < -0.3 is 24.8 Å². The van der Waals surface area contributed by atoms with Crippen LogP contribution >= 0.6 is 23.4 Å². The molecule has 2 aliphatic heterocycles. The second-order valence-electron chi connectivity index (χ2n) is 7.37. The van der Waals surface area contributed by atoms with E-state index in [1.54, 1.807) is 13.3 Å². The Labute approximate surface area is 171 Å². The first-order valence-corrected chi connectivity index (χ1v) is 10.2. The van der Waals surface area contributed by atoms with Crippen LogP contribution in [0.15, 0.2) is 28.4 Å². The molecule has 2 unspecified atom stereocenters. The number of halogens is 1. The maximum absolute atomic E-state index is 6.14. The van der Waals surface area contributed by atoms with Crippen molar-refractivity contribution in [3.63, 3.8) is 0 Å². The normalized spacial score (nSPS) is 27.4. The SMILES string of the molecule is COCOC1CC12C[C@H]1COc3c(Sc4ncc(Cl)nc4N)ccnc3N1C2. The summed E-state index contributed by atoms with van der Waals surface area (Å²) in [6.07, 6.45) is 5.65. The summed E-state index contributed by atoms with van der Waals surface area (Å²) in [6.45, 7) is 1.89. The predicted molar refractivity (Wildman–Crippen MR) is 105 cm³/mol. The highest BCUT2D eigenvalue weighted by Crippen LogP contribution is 2.59. The van der Waals surface area contributed by atoms with E-state index < -0.39 is 0 Å². The Bertz CT molecular complexity index is 919. The van der Waals surface area contributed by atoms with Crippen LogP contribution in [-0.4, -0.2) is 54.2 Å². The summed E-state index contributed by atoms with van der Waals surface area (Å²) in [5.41, 5.74) is 6.15. The summed E-state index contributed by atoms with van der Waals surface area (Å²) in [6, 6.07) is 2.23. The van der Waals surface area contributed by atoms with Crippen molar-refractivity contribution in [1.29, 1.82) is 0 Å². The molecular weight excluding hydrogens is 402 g/mol. The number of rotatable bonds is 5. The van der Waals surface area contributed by atoms with Gasteiger partial charge in [-0.25, -0.2) is 15.0 Å². The minimum atomic E-state index is 0.186. The fourth-order valence-electron chi connectivity index (χ4n) is 4.16. The van der Waals surface area contributed by atoms with Crippen molar-refractivity contribution >= 4 is 35.0 Å². The summed E-state index contributed by atoms with van der Waals surface area (Å²) in [7, 11) is 1.65. The molecule has 2 aromatic rings. The van der Waals surface area contributed by atoms with E-state index in [-0.39, 0.29) is 16.7 Å². The first-order chi connectivity index (χ1) is 13.6. The lowest BCUT2D eigenvalue weighted by atomic mass is 10.0. The molecule has 4 heterocycles. The lowest BCUT2D eigenvalue weighted by Crippen LogP contribution is -2.39. The third-order valence-corrected chi connectivity index (χ3v) is 6.78. The van der Waals surface area contributed by atoms with Crippen molar-refractivity contribution in [1.82, 2.24) is 15.0 Å². The van der Waals surface area contributed by atoms with Crippen molar-refractivity contribution < 1.29 is 14.2 Å². The van der Waals surface area contributed by atoms with E-state index in [1.807, 2.05) is 6.07 Å². The van der Waals surface area contributed by atoms with E-state index in [2.05, 4.69) is 19.9 Å². The molecule has 1 aliphatic carbocycles. The monoisotopic (exact) mass is 421 g/mol. The van der Waals surface area contributed by atoms with Crippen molar-refractivity contribution in [2.75, 3.05) is 37.7 Å². The number of hydrogen-bond donors (Lipinski definition) is 1. The quantitative estimate of drug-likeness (QED) is 0.730. The molecule has 8 nitrogen and oxygen atoms in total. The largest absolute Gasteiger partial charge is 0.486 e. The van der Waals surface area contributed by atoms with Gasteiger partial charge in [-0.1, -0.05) is 23.4 Å². The fraction of sp³-hybridized carbons (Fsp3) is 0.500. The third kappa shape index (κ3) is 3.06. The van der Waals surface area contributed by atoms with Crippen LogP contribution in [0, 0.1) is 5.41 Å². The third-order valence-electron chi connectivity index (χ3n) is 5.55. The van der Waals surface area contributed by atoms with E-state index in [0.717, 1.165) is 35.8 Å². The zero-order valence-electron chi connectivity index (χ0n) is 15.3. The van der Waals surface area contributed by atoms with Crippen LogP contribution in [0.4, 0.5) is 11.6 Å². The van der Waals surface area contributed by atoms with Gasteiger partial charge in [0.15, 0.2) is 17.4 Å². The van der Waals surface area contributed by atoms with Gasteiger partial charge in [-0.3, -0.25) is 0 Å². The van der Waals surface area contributed by atoms with Crippen LogP contribution in [0.3, 0.4) is 0 Å².